The summed E-state index contributed by atoms with van der Waals surface area (Å²) in [5, 5.41) is 0. The Hall–Kier alpha value is -1.31. The van der Waals surface area contributed by atoms with Gasteiger partial charge in [-0.1, -0.05) is 19.1 Å². The molecule has 1 aromatic carbocycles. The van der Waals surface area contributed by atoms with E-state index in [1.54, 1.807) is 0 Å². The van der Waals surface area contributed by atoms with Crippen LogP contribution in [-0.4, -0.2) is 18.9 Å². The molecule has 0 aromatic heterocycles. The Morgan fingerprint density at radius 3 is 2.67 bits per heavy atom. The third-order valence-corrected chi connectivity index (χ3v) is 3.16. The molecule has 1 aliphatic heterocycles. The molecule has 2 unspecified atom stereocenters. The first-order valence-corrected chi connectivity index (χ1v) is 5.53. The number of hydrogen-bond donors (Lipinski definition) is 0. The van der Waals surface area contributed by atoms with Gasteiger partial charge in [0, 0.05) is 23.8 Å². The molecule has 2 nitrogen and oxygen atoms in total. The Morgan fingerprint density at radius 2 is 2.07 bits per heavy atom. The molecule has 0 saturated carbocycles. The largest absolute Gasteiger partial charge is 0.368 e. The standard InChI is InChI=1S/C13H17NO/c1-10-7-11(2)14(8-10)13-6-4-3-5-12(13)9-15/h3-6,9-11H,7-8H2,1-2H3. The number of benzene rings is 1. The van der Waals surface area contributed by atoms with Crippen LogP contribution in [-0.2, 0) is 0 Å². The predicted octanol–water partition coefficient (Wildman–Crippen LogP) is 2.73. The molecule has 1 fully saturated rings. The van der Waals surface area contributed by atoms with Crippen LogP contribution < -0.4 is 4.90 Å². The summed E-state index contributed by atoms with van der Waals surface area (Å²) in [5.41, 5.74) is 1.89. The summed E-state index contributed by atoms with van der Waals surface area (Å²) < 4.78 is 0. The van der Waals surface area contributed by atoms with Gasteiger partial charge < -0.3 is 4.90 Å². The zero-order chi connectivity index (χ0) is 10.8. The Morgan fingerprint density at radius 1 is 1.33 bits per heavy atom. The first-order valence-electron chi connectivity index (χ1n) is 5.53. The van der Waals surface area contributed by atoms with Crippen LogP contribution in [0.1, 0.15) is 30.6 Å². The highest BCUT2D eigenvalue weighted by atomic mass is 16.1. The van der Waals surface area contributed by atoms with Crippen molar-refractivity contribution in [1.82, 2.24) is 0 Å². The Bertz CT molecular complexity index is 361. The van der Waals surface area contributed by atoms with Gasteiger partial charge in [-0.15, -0.1) is 0 Å². The average Bonchev–Trinajstić information content (AvgIpc) is 2.57. The minimum atomic E-state index is 0.543. The number of nitrogens with zero attached hydrogens (tertiary/aromatic N) is 1. The lowest BCUT2D eigenvalue weighted by atomic mass is 10.1. The van der Waals surface area contributed by atoms with Gasteiger partial charge in [-0.2, -0.15) is 0 Å². The maximum atomic E-state index is 10.9. The third kappa shape index (κ3) is 1.89. The molecule has 0 bridgehead atoms. The highest BCUT2D eigenvalue weighted by molar-refractivity contribution is 5.84. The van der Waals surface area contributed by atoms with Crippen LogP contribution >= 0.6 is 0 Å². The summed E-state index contributed by atoms with van der Waals surface area (Å²) >= 11 is 0. The quantitative estimate of drug-likeness (QED) is 0.689. The van der Waals surface area contributed by atoms with Crippen molar-refractivity contribution >= 4 is 12.0 Å². The minimum absolute atomic E-state index is 0.543. The summed E-state index contributed by atoms with van der Waals surface area (Å²) in [6.45, 7) is 5.55. The van der Waals surface area contributed by atoms with Gasteiger partial charge >= 0.3 is 0 Å². The summed E-state index contributed by atoms with van der Waals surface area (Å²) in [7, 11) is 0. The summed E-state index contributed by atoms with van der Waals surface area (Å²) in [6.07, 6.45) is 2.16. The maximum absolute atomic E-state index is 10.9. The lowest BCUT2D eigenvalue weighted by molar-refractivity contribution is 0.112. The molecule has 2 rings (SSSR count). The highest BCUT2D eigenvalue weighted by Gasteiger charge is 2.27. The van der Waals surface area contributed by atoms with Crippen molar-refractivity contribution in [2.45, 2.75) is 26.3 Å². The summed E-state index contributed by atoms with van der Waals surface area (Å²) in [6, 6.07) is 8.38. The number of hydrogen-bond acceptors (Lipinski definition) is 2. The van der Waals surface area contributed by atoms with Gasteiger partial charge in [0.1, 0.15) is 0 Å². The Labute approximate surface area is 90.9 Å². The van der Waals surface area contributed by atoms with Crippen LogP contribution in [0, 0.1) is 5.92 Å². The molecular weight excluding hydrogens is 186 g/mol. The van der Waals surface area contributed by atoms with Crippen LogP contribution in [0.25, 0.3) is 0 Å². The van der Waals surface area contributed by atoms with Crippen molar-refractivity contribution in [2.75, 3.05) is 11.4 Å². The highest BCUT2D eigenvalue weighted by Crippen LogP contribution is 2.30. The zero-order valence-corrected chi connectivity index (χ0v) is 9.31. The fourth-order valence-corrected chi connectivity index (χ4v) is 2.48. The molecule has 1 aromatic rings. The number of carbonyl (C=O) groups excluding carboxylic acids is 1. The topological polar surface area (TPSA) is 20.3 Å². The van der Waals surface area contributed by atoms with Gasteiger partial charge in [0.05, 0.1) is 0 Å². The van der Waals surface area contributed by atoms with E-state index < -0.39 is 0 Å². The molecule has 0 amide bonds. The molecular formula is C13H17NO. The predicted molar refractivity (Wildman–Crippen MR) is 62.4 cm³/mol. The van der Waals surface area contributed by atoms with Crippen molar-refractivity contribution in [1.29, 1.82) is 0 Å². The van der Waals surface area contributed by atoms with Crippen molar-refractivity contribution in [2.24, 2.45) is 5.92 Å². The zero-order valence-electron chi connectivity index (χ0n) is 9.31. The van der Waals surface area contributed by atoms with E-state index in [0.717, 1.165) is 30.0 Å². The second kappa shape index (κ2) is 4.05. The van der Waals surface area contributed by atoms with Gasteiger partial charge in [-0.3, -0.25) is 4.79 Å². The number of aldehydes is 1. The van der Waals surface area contributed by atoms with Crippen LogP contribution in [0.15, 0.2) is 24.3 Å². The number of anilines is 1. The fourth-order valence-electron chi connectivity index (χ4n) is 2.48. The van der Waals surface area contributed by atoms with Crippen molar-refractivity contribution in [3.63, 3.8) is 0 Å². The Balaban J connectivity index is 2.32. The first kappa shape index (κ1) is 10.2. The number of carbonyl (C=O) groups is 1. The van der Waals surface area contributed by atoms with E-state index in [2.05, 4.69) is 18.7 Å². The second-order valence-corrected chi connectivity index (χ2v) is 4.52. The molecule has 1 saturated heterocycles. The van der Waals surface area contributed by atoms with Crippen LogP contribution in [0.4, 0.5) is 5.69 Å². The molecule has 0 aliphatic carbocycles. The van der Waals surface area contributed by atoms with E-state index >= 15 is 0 Å². The van der Waals surface area contributed by atoms with Crippen LogP contribution in [0.3, 0.4) is 0 Å². The smallest absolute Gasteiger partial charge is 0.152 e. The van der Waals surface area contributed by atoms with Gasteiger partial charge in [-0.25, -0.2) is 0 Å². The van der Waals surface area contributed by atoms with Crippen molar-refractivity contribution in [3.05, 3.63) is 29.8 Å². The molecule has 0 radical (unpaired) electrons. The van der Waals surface area contributed by atoms with E-state index in [4.69, 9.17) is 0 Å². The van der Waals surface area contributed by atoms with Gasteiger partial charge in [-0.05, 0) is 31.4 Å². The minimum Gasteiger partial charge on any atom is -0.368 e. The monoisotopic (exact) mass is 203 g/mol. The molecule has 2 heteroatoms. The van der Waals surface area contributed by atoms with E-state index in [0.29, 0.717) is 6.04 Å². The van der Waals surface area contributed by atoms with Crippen LogP contribution in [0.5, 0.6) is 0 Å². The molecule has 0 N–H and O–H groups in total. The average molecular weight is 203 g/mol. The van der Waals surface area contributed by atoms with E-state index in [9.17, 15) is 4.79 Å². The molecule has 1 aliphatic rings. The molecule has 80 valence electrons. The third-order valence-electron chi connectivity index (χ3n) is 3.16. The van der Waals surface area contributed by atoms with E-state index in [1.165, 1.54) is 6.42 Å². The fraction of sp³-hybridized carbons (Fsp3) is 0.462. The molecule has 2 atom stereocenters. The van der Waals surface area contributed by atoms with E-state index in [1.807, 2.05) is 24.3 Å². The normalized spacial score (nSPS) is 25.6. The second-order valence-electron chi connectivity index (χ2n) is 4.52. The first-order chi connectivity index (χ1) is 7.22. The summed E-state index contributed by atoms with van der Waals surface area (Å²) in [5.74, 6) is 0.722. The SMILES string of the molecule is CC1CC(C)N(c2ccccc2C=O)C1. The van der Waals surface area contributed by atoms with Gasteiger partial charge in [0.25, 0.3) is 0 Å². The van der Waals surface area contributed by atoms with Crippen molar-refractivity contribution < 1.29 is 4.79 Å². The van der Waals surface area contributed by atoms with Crippen molar-refractivity contribution in [3.8, 4) is 0 Å². The van der Waals surface area contributed by atoms with E-state index in [-0.39, 0.29) is 0 Å². The molecule has 1 heterocycles. The van der Waals surface area contributed by atoms with Gasteiger partial charge in [0.15, 0.2) is 6.29 Å². The number of rotatable bonds is 2. The molecule has 15 heavy (non-hydrogen) atoms. The van der Waals surface area contributed by atoms with Gasteiger partial charge in [0.2, 0.25) is 0 Å². The molecule has 0 spiro atoms. The lowest BCUT2D eigenvalue weighted by Crippen LogP contribution is -2.27. The Kier molecular flexibility index (Phi) is 2.76. The maximum Gasteiger partial charge on any atom is 0.152 e. The lowest BCUT2D eigenvalue weighted by Gasteiger charge is -2.25. The van der Waals surface area contributed by atoms with Crippen LogP contribution in [0.2, 0.25) is 0 Å². The number of para-hydroxylation sites is 1. The summed E-state index contributed by atoms with van der Waals surface area (Å²) in [4.78, 5) is 13.3.